The number of aromatic carboxylic acids is 1. The van der Waals surface area contributed by atoms with Gasteiger partial charge in [0, 0.05) is 13.1 Å². The second kappa shape index (κ2) is 5.44. The highest BCUT2D eigenvalue weighted by atomic mass is 16.5. The van der Waals surface area contributed by atoms with Gasteiger partial charge in [0.25, 0.3) is 0 Å². The Morgan fingerprint density at radius 2 is 2.20 bits per heavy atom. The molecule has 0 radical (unpaired) electrons. The van der Waals surface area contributed by atoms with Gasteiger partial charge in [0.15, 0.2) is 0 Å². The number of rotatable bonds is 8. The molecule has 2 saturated carbocycles. The highest BCUT2D eigenvalue weighted by Gasteiger charge is 2.53. The number of hydrogen-bond donors (Lipinski definition) is 2. The molecule has 0 heterocycles. The maximum absolute atomic E-state index is 10.8. The maximum atomic E-state index is 10.8. The second-order valence-electron chi connectivity index (χ2n) is 5.99. The zero-order valence-electron chi connectivity index (χ0n) is 11.6. The average Bonchev–Trinajstić information content (AvgIpc) is 3.31. The van der Waals surface area contributed by atoms with E-state index in [0.29, 0.717) is 17.8 Å². The Balaban J connectivity index is 1.37. The van der Waals surface area contributed by atoms with Crippen LogP contribution in [0.1, 0.15) is 36.0 Å². The molecular formula is C16H21NO3. The summed E-state index contributed by atoms with van der Waals surface area (Å²) < 4.78 is 5.58. The molecule has 108 valence electrons. The summed E-state index contributed by atoms with van der Waals surface area (Å²) in [5.74, 6) is 0.673. The second-order valence-corrected chi connectivity index (χ2v) is 5.99. The Morgan fingerprint density at radius 1 is 1.40 bits per heavy atom. The third-order valence-electron chi connectivity index (χ3n) is 4.44. The van der Waals surface area contributed by atoms with Gasteiger partial charge in [-0.25, -0.2) is 4.79 Å². The molecule has 1 aromatic carbocycles. The van der Waals surface area contributed by atoms with E-state index in [0.717, 1.165) is 19.0 Å². The van der Waals surface area contributed by atoms with E-state index < -0.39 is 5.97 Å². The van der Waals surface area contributed by atoms with Gasteiger partial charge in [-0.15, -0.1) is 0 Å². The number of benzene rings is 1. The van der Waals surface area contributed by atoms with Crippen molar-refractivity contribution >= 4 is 5.97 Å². The Kier molecular flexibility index (Phi) is 3.66. The van der Waals surface area contributed by atoms with Gasteiger partial charge in [0.2, 0.25) is 0 Å². The summed E-state index contributed by atoms with van der Waals surface area (Å²) in [4.78, 5) is 10.8. The zero-order valence-corrected chi connectivity index (χ0v) is 11.6. The summed E-state index contributed by atoms with van der Waals surface area (Å²) in [5, 5.41) is 12.4. The first kappa shape index (κ1) is 13.4. The van der Waals surface area contributed by atoms with E-state index in [4.69, 9.17) is 9.84 Å². The fourth-order valence-electron chi connectivity index (χ4n) is 2.88. The van der Waals surface area contributed by atoms with Crippen molar-refractivity contribution in [2.45, 2.75) is 25.7 Å². The highest BCUT2D eigenvalue weighted by Crippen LogP contribution is 2.60. The Labute approximate surface area is 119 Å². The number of hydrogen-bond acceptors (Lipinski definition) is 3. The summed E-state index contributed by atoms with van der Waals surface area (Å²) in [6, 6.07) is 6.63. The normalized spacial score (nSPS) is 19.6. The molecule has 2 N–H and O–H groups in total. The molecule has 2 fully saturated rings. The van der Waals surface area contributed by atoms with Gasteiger partial charge >= 0.3 is 5.97 Å². The summed E-state index contributed by atoms with van der Waals surface area (Å²) in [5.41, 5.74) is 0.879. The molecule has 2 aliphatic carbocycles. The van der Waals surface area contributed by atoms with Crippen molar-refractivity contribution in [3.63, 3.8) is 0 Å². The predicted octanol–water partition coefficient (Wildman–Crippen LogP) is 2.54. The lowest BCUT2D eigenvalue weighted by molar-refractivity contribution is 0.0696. The third kappa shape index (κ3) is 3.12. The minimum Gasteiger partial charge on any atom is -0.492 e. The van der Waals surface area contributed by atoms with Crippen molar-refractivity contribution in [1.82, 2.24) is 5.32 Å². The lowest BCUT2D eigenvalue weighted by Crippen LogP contribution is -2.29. The van der Waals surface area contributed by atoms with Gasteiger partial charge in [-0.3, -0.25) is 0 Å². The molecule has 3 rings (SSSR count). The molecule has 0 bridgehead atoms. The third-order valence-corrected chi connectivity index (χ3v) is 4.44. The van der Waals surface area contributed by atoms with Crippen molar-refractivity contribution in [1.29, 1.82) is 0 Å². The number of carboxylic acid groups (broad SMARTS) is 1. The van der Waals surface area contributed by atoms with Crippen molar-refractivity contribution in [3.05, 3.63) is 29.8 Å². The molecule has 1 aromatic rings. The lowest BCUT2D eigenvalue weighted by atomic mass is 10.0. The molecule has 4 heteroatoms. The summed E-state index contributed by atoms with van der Waals surface area (Å²) in [7, 11) is 0. The Bertz CT molecular complexity index is 492. The van der Waals surface area contributed by atoms with Gasteiger partial charge in [-0.2, -0.15) is 0 Å². The minimum atomic E-state index is -0.923. The van der Waals surface area contributed by atoms with Crippen LogP contribution in [0.15, 0.2) is 24.3 Å². The topological polar surface area (TPSA) is 58.6 Å². The number of carbonyl (C=O) groups is 1. The quantitative estimate of drug-likeness (QED) is 0.716. The van der Waals surface area contributed by atoms with Gasteiger partial charge in [-0.05, 0) is 55.2 Å². The van der Waals surface area contributed by atoms with E-state index in [1.807, 2.05) is 0 Å². The van der Waals surface area contributed by atoms with Crippen LogP contribution in [0.25, 0.3) is 0 Å². The fourth-order valence-corrected chi connectivity index (χ4v) is 2.88. The smallest absolute Gasteiger partial charge is 0.335 e. The van der Waals surface area contributed by atoms with Crippen LogP contribution in [-0.4, -0.2) is 30.8 Å². The van der Waals surface area contributed by atoms with Gasteiger partial charge in [-0.1, -0.05) is 6.07 Å². The number of nitrogens with one attached hydrogen (secondary N) is 1. The molecule has 0 saturated heterocycles. The molecule has 2 aliphatic rings. The summed E-state index contributed by atoms with van der Waals surface area (Å²) in [6.07, 6.45) is 5.60. The number of ether oxygens (including phenoxy) is 1. The molecule has 0 atom stereocenters. The standard InChI is InChI=1S/C16H21NO3/c18-15(19)12-2-1-3-14(10-12)20-9-8-17-11-16(6-7-16)13-4-5-13/h1-3,10,13,17H,4-9,11H2,(H,18,19). The highest BCUT2D eigenvalue weighted by molar-refractivity contribution is 5.87. The van der Waals surface area contributed by atoms with E-state index >= 15 is 0 Å². The molecule has 0 amide bonds. The van der Waals surface area contributed by atoms with Gasteiger partial charge in [0.05, 0.1) is 5.56 Å². The Morgan fingerprint density at radius 3 is 2.85 bits per heavy atom. The monoisotopic (exact) mass is 275 g/mol. The zero-order chi connectivity index (χ0) is 14.0. The van der Waals surface area contributed by atoms with Crippen molar-refractivity contribution in [3.8, 4) is 5.75 Å². The molecule has 4 nitrogen and oxygen atoms in total. The summed E-state index contributed by atoms with van der Waals surface area (Å²) >= 11 is 0. The lowest BCUT2D eigenvalue weighted by Gasteiger charge is -2.15. The summed E-state index contributed by atoms with van der Waals surface area (Å²) in [6.45, 7) is 2.49. The molecule has 0 spiro atoms. The first-order valence-corrected chi connectivity index (χ1v) is 7.36. The van der Waals surface area contributed by atoms with Crippen LogP contribution >= 0.6 is 0 Å². The van der Waals surface area contributed by atoms with E-state index in [1.54, 1.807) is 24.3 Å². The van der Waals surface area contributed by atoms with E-state index in [1.165, 1.54) is 25.7 Å². The molecule has 0 aromatic heterocycles. The van der Waals surface area contributed by atoms with Crippen LogP contribution in [0, 0.1) is 11.3 Å². The SMILES string of the molecule is O=C(O)c1cccc(OCCNCC2(C3CC3)CC2)c1. The first-order chi connectivity index (χ1) is 9.70. The Hall–Kier alpha value is -1.55. The predicted molar refractivity (Wildman–Crippen MR) is 76.2 cm³/mol. The fraction of sp³-hybridized carbons (Fsp3) is 0.562. The van der Waals surface area contributed by atoms with Crippen LogP contribution < -0.4 is 10.1 Å². The van der Waals surface area contributed by atoms with Crippen molar-refractivity contribution in [2.24, 2.45) is 11.3 Å². The first-order valence-electron chi connectivity index (χ1n) is 7.36. The van der Waals surface area contributed by atoms with Crippen molar-refractivity contribution < 1.29 is 14.6 Å². The molecule has 0 unspecified atom stereocenters. The van der Waals surface area contributed by atoms with Crippen LogP contribution in [0.3, 0.4) is 0 Å². The van der Waals surface area contributed by atoms with Gasteiger partial charge < -0.3 is 15.2 Å². The molecule has 0 aliphatic heterocycles. The van der Waals surface area contributed by atoms with Crippen LogP contribution in [0.5, 0.6) is 5.75 Å². The maximum Gasteiger partial charge on any atom is 0.335 e. The van der Waals surface area contributed by atoms with Crippen LogP contribution in [0.4, 0.5) is 0 Å². The van der Waals surface area contributed by atoms with Crippen LogP contribution in [0.2, 0.25) is 0 Å². The van der Waals surface area contributed by atoms with Crippen LogP contribution in [-0.2, 0) is 0 Å². The van der Waals surface area contributed by atoms with Crippen molar-refractivity contribution in [2.75, 3.05) is 19.7 Å². The largest absolute Gasteiger partial charge is 0.492 e. The molecule has 20 heavy (non-hydrogen) atoms. The van der Waals surface area contributed by atoms with E-state index in [2.05, 4.69) is 5.32 Å². The van der Waals surface area contributed by atoms with Gasteiger partial charge in [0.1, 0.15) is 12.4 Å². The van der Waals surface area contributed by atoms with E-state index in [9.17, 15) is 4.79 Å². The number of carboxylic acids is 1. The molecular weight excluding hydrogens is 254 g/mol. The van der Waals surface area contributed by atoms with E-state index in [-0.39, 0.29) is 5.56 Å². The minimum absolute atomic E-state index is 0.265. The average molecular weight is 275 g/mol.